The fourth-order valence-corrected chi connectivity index (χ4v) is 4.12. The van der Waals surface area contributed by atoms with E-state index in [0.717, 1.165) is 5.56 Å². The molecule has 0 saturated carbocycles. The first kappa shape index (κ1) is 26.9. The molecule has 1 aliphatic heterocycles. The van der Waals surface area contributed by atoms with Crippen molar-refractivity contribution in [3.63, 3.8) is 0 Å². The Kier molecular flexibility index (Phi) is 8.35. The highest BCUT2D eigenvalue weighted by atomic mass is 35.5. The number of aromatic nitrogens is 5. The standard InChI is InChI=1S/C25H33ClN6O5/c1-25(2,3)37-24(33)30-10-13-36-20(16-30)23-27-22(15-17-14-18(26)6-7-19(17)35-5)32(29-23)21-8-9-31(28-21)11-12-34-4/h6-9,14,20H,10-13,15-16H2,1-5H3. The van der Waals surface area contributed by atoms with Crippen LogP contribution in [0, 0.1) is 0 Å². The Morgan fingerprint density at radius 3 is 2.76 bits per heavy atom. The molecule has 2 aromatic heterocycles. The molecule has 0 spiro atoms. The number of benzene rings is 1. The number of hydrogen-bond acceptors (Lipinski definition) is 8. The average molecular weight is 533 g/mol. The summed E-state index contributed by atoms with van der Waals surface area (Å²) in [5.41, 5.74) is 0.268. The summed E-state index contributed by atoms with van der Waals surface area (Å²) in [6.45, 7) is 7.72. The third kappa shape index (κ3) is 6.79. The summed E-state index contributed by atoms with van der Waals surface area (Å²) in [6.07, 6.45) is 1.35. The molecule has 1 amide bonds. The summed E-state index contributed by atoms with van der Waals surface area (Å²) in [6, 6.07) is 7.31. The van der Waals surface area contributed by atoms with Crippen LogP contribution < -0.4 is 4.74 Å². The SMILES string of the molecule is COCCn1ccc(-n2nc(C3CN(C(=O)OC(C)(C)C)CCO3)nc2Cc2cc(Cl)ccc2OC)n1. The number of carbonyl (C=O) groups excluding carboxylic acids is 1. The number of morpholine rings is 1. The fraction of sp³-hybridized carbons (Fsp3) is 0.520. The van der Waals surface area contributed by atoms with Gasteiger partial charge >= 0.3 is 6.09 Å². The van der Waals surface area contributed by atoms with Gasteiger partial charge in [-0.3, -0.25) is 4.68 Å². The number of halogens is 1. The van der Waals surface area contributed by atoms with Gasteiger partial charge in [-0.2, -0.15) is 9.78 Å². The molecule has 1 unspecified atom stereocenters. The van der Waals surface area contributed by atoms with Crippen LogP contribution in [0.2, 0.25) is 5.02 Å². The minimum atomic E-state index is -0.588. The number of amides is 1. The van der Waals surface area contributed by atoms with Crippen LogP contribution in [0.4, 0.5) is 4.79 Å². The fourth-order valence-electron chi connectivity index (χ4n) is 3.92. The number of rotatable bonds is 8. The quantitative estimate of drug-likeness (QED) is 0.432. The summed E-state index contributed by atoms with van der Waals surface area (Å²) < 4.78 is 25.7. The lowest BCUT2D eigenvalue weighted by atomic mass is 10.1. The second-order valence-electron chi connectivity index (χ2n) is 9.65. The van der Waals surface area contributed by atoms with Crippen molar-refractivity contribution >= 4 is 17.7 Å². The van der Waals surface area contributed by atoms with Crippen LogP contribution >= 0.6 is 11.6 Å². The van der Waals surface area contributed by atoms with Crippen molar-refractivity contribution < 1.29 is 23.7 Å². The predicted octanol–water partition coefficient (Wildman–Crippen LogP) is 3.67. The summed E-state index contributed by atoms with van der Waals surface area (Å²) in [5, 5.41) is 9.99. The molecular formula is C25H33ClN6O5. The maximum absolute atomic E-state index is 12.7. The average Bonchev–Trinajstić information content (AvgIpc) is 3.49. The smallest absolute Gasteiger partial charge is 0.410 e. The number of hydrogen-bond donors (Lipinski definition) is 0. The molecule has 1 aromatic carbocycles. The van der Waals surface area contributed by atoms with E-state index in [-0.39, 0.29) is 12.6 Å². The Morgan fingerprint density at radius 1 is 1.22 bits per heavy atom. The van der Waals surface area contributed by atoms with E-state index in [1.165, 1.54) is 0 Å². The van der Waals surface area contributed by atoms with E-state index in [2.05, 4.69) is 5.10 Å². The van der Waals surface area contributed by atoms with Gasteiger partial charge in [-0.1, -0.05) is 11.6 Å². The van der Waals surface area contributed by atoms with E-state index >= 15 is 0 Å². The molecule has 0 radical (unpaired) electrons. The Morgan fingerprint density at radius 2 is 2.03 bits per heavy atom. The lowest BCUT2D eigenvalue weighted by molar-refractivity contribution is -0.0462. The van der Waals surface area contributed by atoms with E-state index in [1.807, 2.05) is 45.2 Å². The third-order valence-electron chi connectivity index (χ3n) is 5.66. The lowest BCUT2D eigenvalue weighted by Gasteiger charge is -2.33. The van der Waals surface area contributed by atoms with Crippen LogP contribution in [-0.4, -0.2) is 81.7 Å². The summed E-state index contributed by atoms with van der Waals surface area (Å²) in [7, 11) is 3.26. The highest BCUT2D eigenvalue weighted by Gasteiger charge is 2.32. The second-order valence-corrected chi connectivity index (χ2v) is 10.1. The van der Waals surface area contributed by atoms with Crippen molar-refractivity contribution in [2.45, 2.75) is 45.4 Å². The number of methoxy groups -OCH3 is 2. The zero-order valence-corrected chi connectivity index (χ0v) is 22.6. The Labute approximate surface area is 221 Å². The molecule has 3 aromatic rings. The zero-order chi connectivity index (χ0) is 26.6. The monoisotopic (exact) mass is 532 g/mol. The maximum atomic E-state index is 12.7. The van der Waals surface area contributed by atoms with Crippen molar-refractivity contribution in [1.29, 1.82) is 0 Å². The van der Waals surface area contributed by atoms with Crippen molar-refractivity contribution in [1.82, 2.24) is 29.4 Å². The molecule has 37 heavy (non-hydrogen) atoms. The maximum Gasteiger partial charge on any atom is 0.410 e. The van der Waals surface area contributed by atoms with E-state index < -0.39 is 11.7 Å². The molecule has 4 rings (SSSR count). The normalized spacial score (nSPS) is 16.2. The molecule has 0 bridgehead atoms. The highest BCUT2D eigenvalue weighted by molar-refractivity contribution is 6.30. The van der Waals surface area contributed by atoms with Gasteiger partial charge < -0.3 is 23.8 Å². The molecule has 1 saturated heterocycles. The summed E-state index contributed by atoms with van der Waals surface area (Å²) in [4.78, 5) is 19.1. The van der Waals surface area contributed by atoms with Crippen LogP contribution in [0.25, 0.3) is 5.82 Å². The molecule has 1 aliphatic rings. The number of ether oxygens (including phenoxy) is 4. The molecule has 11 nitrogen and oxygen atoms in total. The van der Waals surface area contributed by atoms with Crippen LogP contribution in [0.3, 0.4) is 0 Å². The molecule has 1 fully saturated rings. The van der Waals surface area contributed by atoms with Gasteiger partial charge in [0.1, 0.15) is 23.3 Å². The minimum absolute atomic E-state index is 0.279. The van der Waals surface area contributed by atoms with Gasteiger partial charge in [0.2, 0.25) is 0 Å². The van der Waals surface area contributed by atoms with Gasteiger partial charge in [-0.05, 0) is 39.0 Å². The van der Waals surface area contributed by atoms with Crippen LogP contribution in [0.15, 0.2) is 30.5 Å². The zero-order valence-electron chi connectivity index (χ0n) is 21.8. The Hall–Kier alpha value is -3.15. The Balaban J connectivity index is 1.65. The molecule has 3 heterocycles. The highest BCUT2D eigenvalue weighted by Crippen LogP contribution is 2.27. The second kappa shape index (κ2) is 11.5. The molecule has 12 heteroatoms. The van der Waals surface area contributed by atoms with Gasteiger partial charge in [0, 0.05) is 42.9 Å². The van der Waals surface area contributed by atoms with E-state index in [0.29, 0.717) is 61.0 Å². The van der Waals surface area contributed by atoms with Gasteiger partial charge in [0.25, 0.3) is 0 Å². The summed E-state index contributed by atoms with van der Waals surface area (Å²) in [5.74, 6) is 2.38. The van der Waals surface area contributed by atoms with Crippen molar-refractivity contribution in [2.75, 3.05) is 40.5 Å². The first-order valence-electron chi connectivity index (χ1n) is 12.1. The number of carbonyl (C=O) groups is 1. The predicted molar refractivity (Wildman–Crippen MR) is 136 cm³/mol. The third-order valence-corrected chi connectivity index (χ3v) is 5.89. The van der Waals surface area contributed by atoms with Crippen LogP contribution in [0.5, 0.6) is 5.75 Å². The first-order chi connectivity index (χ1) is 17.7. The molecular weight excluding hydrogens is 500 g/mol. The molecule has 1 atom stereocenters. The van der Waals surface area contributed by atoms with Gasteiger partial charge in [0.15, 0.2) is 11.6 Å². The first-order valence-corrected chi connectivity index (χ1v) is 12.4. The topological polar surface area (TPSA) is 106 Å². The van der Waals surface area contributed by atoms with Crippen molar-refractivity contribution in [2.24, 2.45) is 0 Å². The van der Waals surface area contributed by atoms with Crippen molar-refractivity contribution in [3.8, 4) is 11.6 Å². The lowest BCUT2D eigenvalue weighted by Crippen LogP contribution is -2.44. The molecule has 0 N–H and O–H groups in total. The van der Waals surface area contributed by atoms with Gasteiger partial charge in [-0.15, -0.1) is 5.10 Å². The molecule has 0 aliphatic carbocycles. The van der Waals surface area contributed by atoms with Crippen LogP contribution in [-0.2, 0) is 27.2 Å². The Bertz CT molecular complexity index is 1220. The summed E-state index contributed by atoms with van der Waals surface area (Å²) >= 11 is 6.27. The van der Waals surface area contributed by atoms with Gasteiger partial charge in [0.05, 0.1) is 33.4 Å². The van der Waals surface area contributed by atoms with Crippen LogP contribution in [0.1, 0.15) is 44.1 Å². The van der Waals surface area contributed by atoms with Gasteiger partial charge in [-0.25, -0.2) is 9.78 Å². The largest absolute Gasteiger partial charge is 0.496 e. The van der Waals surface area contributed by atoms with Crippen molar-refractivity contribution in [3.05, 3.63) is 52.7 Å². The van der Waals surface area contributed by atoms with E-state index in [1.54, 1.807) is 34.5 Å². The number of nitrogens with zero attached hydrogens (tertiary/aromatic N) is 6. The molecule has 200 valence electrons. The minimum Gasteiger partial charge on any atom is -0.496 e. The van der Waals surface area contributed by atoms with E-state index in [9.17, 15) is 4.79 Å². The van der Waals surface area contributed by atoms with E-state index in [4.69, 9.17) is 40.6 Å².